The van der Waals surface area contributed by atoms with Gasteiger partial charge in [-0.2, -0.15) is 10.2 Å². The molecule has 1 amide bonds. The van der Waals surface area contributed by atoms with Crippen molar-refractivity contribution in [1.29, 1.82) is 0 Å². The van der Waals surface area contributed by atoms with Crippen molar-refractivity contribution in [2.24, 2.45) is 0 Å². The summed E-state index contributed by atoms with van der Waals surface area (Å²) in [7, 11) is 0. The van der Waals surface area contributed by atoms with Crippen molar-refractivity contribution in [3.8, 4) is 0 Å². The largest absolute Gasteiger partial charge is 0.446 e. The van der Waals surface area contributed by atoms with Crippen LogP contribution in [0.2, 0.25) is 0 Å². The van der Waals surface area contributed by atoms with Crippen molar-refractivity contribution in [3.63, 3.8) is 0 Å². The zero-order valence-electron chi connectivity index (χ0n) is 21.8. The molecular weight excluding hydrogens is 515 g/mol. The Kier molecular flexibility index (Phi) is 7.01. The Balaban J connectivity index is 1.34. The first-order valence-electron chi connectivity index (χ1n) is 13.1. The van der Waals surface area contributed by atoms with Crippen molar-refractivity contribution in [2.45, 2.75) is 38.5 Å². The lowest BCUT2D eigenvalue weighted by Crippen LogP contribution is -2.44. The fraction of sp³-hybridized carbons (Fsp3) is 0.286. The van der Waals surface area contributed by atoms with Gasteiger partial charge in [-0.15, -0.1) is 0 Å². The van der Waals surface area contributed by atoms with E-state index in [1.165, 1.54) is 18.5 Å². The molecule has 0 aliphatic carbocycles. The predicted molar refractivity (Wildman–Crippen MR) is 148 cm³/mol. The SMILES string of the molecule is Cc1c(NC(=O)O[C@@H]2CCN[C@@H](CO)C2)cn2ncnc(N(Cc3cccc(F)c3)c3ccc4[nH]ncc4c3)c12. The molecule has 206 valence electrons. The van der Waals surface area contributed by atoms with E-state index in [2.05, 4.69) is 30.9 Å². The quantitative estimate of drug-likeness (QED) is 0.241. The molecule has 4 N–H and O–H groups in total. The van der Waals surface area contributed by atoms with E-state index in [1.807, 2.05) is 36.1 Å². The molecule has 40 heavy (non-hydrogen) atoms. The Labute approximate surface area is 229 Å². The van der Waals surface area contributed by atoms with Gasteiger partial charge in [0.25, 0.3) is 0 Å². The fourth-order valence-electron chi connectivity index (χ4n) is 5.17. The highest BCUT2D eigenvalue weighted by molar-refractivity contribution is 5.91. The molecule has 1 fully saturated rings. The van der Waals surface area contributed by atoms with Crippen molar-refractivity contribution in [2.75, 3.05) is 23.4 Å². The van der Waals surface area contributed by atoms with Gasteiger partial charge in [-0.05, 0) is 55.8 Å². The molecule has 11 nitrogen and oxygen atoms in total. The lowest BCUT2D eigenvalue weighted by atomic mass is 10.0. The van der Waals surface area contributed by atoms with Crippen LogP contribution in [0.5, 0.6) is 0 Å². The third-order valence-electron chi connectivity index (χ3n) is 7.21. The number of aliphatic hydroxyl groups is 1. The van der Waals surface area contributed by atoms with Crippen LogP contribution in [0.15, 0.2) is 61.2 Å². The maximum absolute atomic E-state index is 14.1. The topological polar surface area (TPSA) is 133 Å². The fourth-order valence-corrected chi connectivity index (χ4v) is 5.17. The summed E-state index contributed by atoms with van der Waals surface area (Å²) in [5.74, 6) is 0.267. The highest BCUT2D eigenvalue weighted by Crippen LogP contribution is 2.35. The van der Waals surface area contributed by atoms with Gasteiger partial charge in [-0.3, -0.25) is 10.4 Å². The molecule has 1 aliphatic heterocycles. The van der Waals surface area contributed by atoms with Crippen molar-refractivity contribution < 1.29 is 19.0 Å². The molecule has 2 aromatic carbocycles. The Morgan fingerprint density at radius 2 is 2.20 bits per heavy atom. The number of anilines is 3. The Bertz CT molecular complexity index is 1670. The summed E-state index contributed by atoms with van der Waals surface area (Å²) in [6.45, 7) is 2.88. The van der Waals surface area contributed by atoms with E-state index in [-0.39, 0.29) is 24.6 Å². The number of nitrogens with one attached hydrogen (secondary N) is 3. The molecule has 2 atom stereocenters. The van der Waals surface area contributed by atoms with Crippen LogP contribution in [0.25, 0.3) is 16.4 Å². The molecule has 0 bridgehead atoms. The average molecular weight is 545 g/mol. The monoisotopic (exact) mass is 544 g/mol. The number of aliphatic hydroxyl groups excluding tert-OH is 1. The molecule has 1 aliphatic rings. The Hall–Kier alpha value is -4.55. The van der Waals surface area contributed by atoms with Crippen LogP contribution in [0.4, 0.5) is 26.4 Å². The molecule has 5 aromatic rings. The Morgan fingerprint density at radius 1 is 1.30 bits per heavy atom. The zero-order valence-corrected chi connectivity index (χ0v) is 21.8. The van der Waals surface area contributed by atoms with Crippen molar-refractivity contribution in [1.82, 2.24) is 30.1 Å². The number of nitrogens with zero attached hydrogens (tertiary/aromatic N) is 5. The van der Waals surface area contributed by atoms with E-state index in [0.29, 0.717) is 43.0 Å². The summed E-state index contributed by atoms with van der Waals surface area (Å²) in [5.41, 5.74) is 4.46. The van der Waals surface area contributed by atoms with Crippen molar-refractivity contribution in [3.05, 3.63) is 78.1 Å². The summed E-state index contributed by atoms with van der Waals surface area (Å²) in [4.78, 5) is 19.4. The molecular formula is C28H29FN8O3. The molecule has 1 saturated heterocycles. The molecule has 4 heterocycles. The first kappa shape index (κ1) is 25.7. The van der Waals surface area contributed by atoms with E-state index >= 15 is 0 Å². The van der Waals surface area contributed by atoms with Gasteiger partial charge in [0.05, 0.1) is 30.2 Å². The molecule has 0 unspecified atom stereocenters. The third kappa shape index (κ3) is 5.18. The van der Waals surface area contributed by atoms with Gasteiger partial charge < -0.3 is 20.1 Å². The standard InChI is InChI=1S/C28H29FN8O3/c1-17-25(34-28(39)40-23-7-8-30-21(11-23)15-38)14-37-26(17)27(31-16-33-37)36(13-18-3-2-4-20(29)9-18)22-5-6-24-19(10-22)12-32-35-24/h2-6,9-10,12,14,16,21,23,30,38H,7-8,11,13,15H2,1H3,(H,32,35)(H,34,39)/t21-,23-/m1/s1. The number of aryl methyl sites for hydroxylation is 1. The van der Waals surface area contributed by atoms with Gasteiger partial charge in [0.1, 0.15) is 23.8 Å². The summed E-state index contributed by atoms with van der Waals surface area (Å²) >= 11 is 0. The smallest absolute Gasteiger partial charge is 0.411 e. The Morgan fingerprint density at radius 3 is 3.05 bits per heavy atom. The first-order valence-corrected chi connectivity index (χ1v) is 13.1. The summed E-state index contributed by atoms with van der Waals surface area (Å²) in [6.07, 6.45) is 5.28. The van der Waals surface area contributed by atoms with Crippen LogP contribution >= 0.6 is 0 Å². The molecule has 6 rings (SSSR count). The number of rotatable bonds is 7. The lowest BCUT2D eigenvalue weighted by Gasteiger charge is -2.28. The molecule has 0 radical (unpaired) electrons. The van der Waals surface area contributed by atoms with Gasteiger partial charge >= 0.3 is 6.09 Å². The second kappa shape index (κ2) is 10.9. The zero-order chi connectivity index (χ0) is 27.6. The summed E-state index contributed by atoms with van der Waals surface area (Å²) in [6, 6.07) is 12.2. The number of piperidine rings is 1. The van der Waals surface area contributed by atoms with Crippen LogP contribution in [-0.2, 0) is 11.3 Å². The molecule has 0 saturated carbocycles. The number of halogens is 1. The average Bonchev–Trinajstić information content (AvgIpc) is 3.55. The molecule has 12 heteroatoms. The molecule has 3 aromatic heterocycles. The third-order valence-corrected chi connectivity index (χ3v) is 7.21. The van der Waals surface area contributed by atoms with Gasteiger partial charge in [0.2, 0.25) is 0 Å². The van der Waals surface area contributed by atoms with Crippen LogP contribution < -0.4 is 15.5 Å². The number of ether oxygens (including phenoxy) is 1. The molecule has 0 spiro atoms. The minimum atomic E-state index is -0.570. The van der Waals surface area contributed by atoms with Crippen molar-refractivity contribution >= 4 is 39.7 Å². The number of hydrogen-bond acceptors (Lipinski definition) is 8. The van der Waals surface area contributed by atoms with Crippen LogP contribution in [0.1, 0.15) is 24.0 Å². The highest BCUT2D eigenvalue weighted by atomic mass is 19.1. The highest BCUT2D eigenvalue weighted by Gasteiger charge is 2.25. The maximum atomic E-state index is 14.1. The van der Waals surface area contributed by atoms with Crippen LogP contribution in [0.3, 0.4) is 0 Å². The summed E-state index contributed by atoms with van der Waals surface area (Å²) in [5, 5.41) is 27.9. The van der Waals surface area contributed by atoms with Crippen LogP contribution in [-0.4, -0.2) is 61.3 Å². The lowest BCUT2D eigenvalue weighted by molar-refractivity contribution is 0.0680. The van der Waals surface area contributed by atoms with Gasteiger partial charge in [0, 0.05) is 35.6 Å². The number of aromatic nitrogens is 5. The predicted octanol–water partition coefficient (Wildman–Crippen LogP) is 4.05. The number of fused-ring (bicyclic) bond motifs is 2. The van der Waals surface area contributed by atoms with Gasteiger partial charge in [0.15, 0.2) is 5.82 Å². The number of carbonyl (C=O) groups excluding carboxylic acids is 1. The number of hydrogen-bond donors (Lipinski definition) is 4. The number of benzene rings is 2. The van der Waals surface area contributed by atoms with E-state index in [0.717, 1.165) is 27.7 Å². The normalized spacial score (nSPS) is 17.3. The minimum absolute atomic E-state index is 0.00737. The van der Waals surface area contributed by atoms with E-state index in [4.69, 9.17) is 4.74 Å². The second-order valence-electron chi connectivity index (χ2n) is 9.91. The van der Waals surface area contributed by atoms with Gasteiger partial charge in [-0.25, -0.2) is 18.7 Å². The van der Waals surface area contributed by atoms with E-state index < -0.39 is 6.09 Å². The number of amides is 1. The van der Waals surface area contributed by atoms with E-state index in [1.54, 1.807) is 23.0 Å². The van der Waals surface area contributed by atoms with Crippen LogP contribution in [0, 0.1) is 12.7 Å². The number of carbonyl (C=O) groups is 1. The maximum Gasteiger partial charge on any atom is 0.411 e. The number of H-pyrrole nitrogens is 1. The van der Waals surface area contributed by atoms with E-state index in [9.17, 15) is 14.3 Å². The second-order valence-corrected chi connectivity index (χ2v) is 9.91. The summed E-state index contributed by atoms with van der Waals surface area (Å²) < 4.78 is 21.4. The number of aromatic amines is 1. The first-order chi connectivity index (χ1) is 19.5. The minimum Gasteiger partial charge on any atom is -0.446 e. The van der Waals surface area contributed by atoms with Gasteiger partial charge in [-0.1, -0.05) is 12.1 Å².